The summed E-state index contributed by atoms with van der Waals surface area (Å²) in [6.45, 7) is 6.86. The van der Waals surface area contributed by atoms with Gasteiger partial charge in [0, 0.05) is 40.3 Å². The Balaban J connectivity index is 1.76. The summed E-state index contributed by atoms with van der Waals surface area (Å²) in [7, 11) is 3.89. The first-order valence-corrected chi connectivity index (χ1v) is 8.88. The molecule has 0 aliphatic carbocycles. The topological polar surface area (TPSA) is 72.2 Å². The van der Waals surface area contributed by atoms with Gasteiger partial charge in [0.05, 0.1) is 16.3 Å². The van der Waals surface area contributed by atoms with Crippen LogP contribution in [0.3, 0.4) is 0 Å². The molecule has 0 N–H and O–H groups in total. The molecule has 0 aromatic carbocycles. The van der Waals surface area contributed by atoms with E-state index in [4.69, 9.17) is 11.6 Å². The van der Waals surface area contributed by atoms with E-state index in [0.29, 0.717) is 10.6 Å². The third kappa shape index (κ3) is 3.37. The fourth-order valence-corrected chi connectivity index (χ4v) is 3.18. The van der Waals surface area contributed by atoms with Gasteiger partial charge in [0.1, 0.15) is 11.9 Å². The second-order valence-corrected chi connectivity index (χ2v) is 6.94. The Hall–Kier alpha value is -2.59. The van der Waals surface area contributed by atoms with Crippen molar-refractivity contribution in [2.45, 2.75) is 13.8 Å². The minimum absolute atomic E-state index is 0.559. The molecule has 0 spiro atoms. The molecule has 8 heteroatoms. The molecule has 26 heavy (non-hydrogen) atoms. The Morgan fingerprint density at radius 3 is 2.27 bits per heavy atom. The number of pyridine rings is 1. The predicted molar refractivity (Wildman–Crippen MR) is 104 cm³/mol. The zero-order chi connectivity index (χ0) is 18.8. The van der Waals surface area contributed by atoms with Gasteiger partial charge in [-0.05, 0) is 31.5 Å². The molecule has 1 aliphatic rings. The lowest BCUT2D eigenvalue weighted by atomic mass is 10.1. The van der Waals surface area contributed by atoms with Crippen molar-refractivity contribution in [3.63, 3.8) is 0 Å². The van der Waals surface area contributed by atoms with Crippen molar-refractivity contribution in [3.05, 3.63) is 34.0 Å². The molecular formula is C18H22ClN7. The highest BCUT2D eigenvalue weighted by atomic mass is 35.5. The standard InChI is InChI=1S/C18H22ClN7/c1-12-14(11-20)18(21-13(2)17(12)19)26-9-7-25(8-10-26)16-6-5-15(22-23-16)24(3)4/h5-6H,7-10H2,1-4H3. The van der Waals surface area contributed by atoms with E-state index in [1.165, 1.54) is 0 Å². The van der Waals surface area contributed by atoms with Crippen LogP contribution < -0.4 is 14.7 Å². The Morgan fingerprint density at radius 2 is 1.73 bits per heavy atom. The van der Waals surface area contributed by atoms with Gasteiger partial charge in [-0.3, -0.25) is 0 Å². The maximum Gasteiger partial charge on any atom is 0.151 e. The largest absolute Gasteiger partial charge is 0.361 e. The molecule has 1 fully saturated rings. The Morgan fingerprint density at radius 1 is 1.08 bits per heavy atom. The number of rotatable bonds is 3. The van der Waals surface area contributed by atoms with Gasteiger partial charge in [0.25, 0.3) is 0 Å². The molecule has 1 saturated heterocycles. The molecule has 3 rings (SSSR count). The summed E-state index contributed by atoms with van der Waals surface area (Å²) in [4.78, 5) is 10.8. The van der Waals surface area contributed by atoms with Gasteiger partial charge >= 0.3 is 0 Å². The highest BCUT2D eigenvalue weighted by Crippen LogP contribution is 2.29. The molecule has 2 aromatic heterocycles. The van der Waals surface area contributed by atoms with Crippen LogP contribution in [0.15, 0.2) is 12.1 Å². The Labute approximate surface area is 158 Å². The highest BCUT2D eigenvalue weighted by Gasteiger charge is 2.24. The van der Waals surface area contributed by atoms with Gasteiger partial charge in [-0.15, -0.1) is 10.2 Å². The van der Waals surface area contributed by atoms with Crippen molar-refractivity contribution in [1.29, 1.82) is 5.26 Å². The first-order chi connectivity index (χ1) is 12.4. The normalized spacial score (nSPS) is 14.3. The molecule has 3 heterocycles. The number of hydrogen-bond acceptors (Lipinski definition) is 7. The van der Waals surface area contributed by atoms with Crippen LogP contribution in [-0.2, 0) is 0 Å². The summed E-state index contributed by atoms with van der Waals surface area (Å²) in [5.41, 5.74) is 2.11. The van der Waals surface area contributed by atoms with Crippen LogP contribution in [0.4, 0.5) is 17.5 Å². The van der Waals surface area contributed by atoms with Gasteiger partial charge < -0.3 is 14.7 Å². The number of nitrogens with zero attached hydrogens (tertiary/aromatic N) is 7. The van der Waals surface area contributed by atoms with Gasteiger partial charge in [0.2, 0.25) is 0 Å². The van der Waals surface area contributed by atoms with Crippen LogP contribution in [0.1, 0.15) is 16.8 Å². The van der Waals surface area contributed by atoms with E-state index in [9.17, 15) is 5.26 Å². The third-order valence-corrected chi connectivity index (χ3v) is 5.19. The molecular weight excluding hydrogens is 350 g/mol. The van der Waals surface area contributed by atoms with E-state index < -0.39 is 0 Å². The zero-order valence-electron chi connectivity index (χ0n) is 15.5. The summed E-state index contributed by atoms with van der Waals surface area (Å²) in [5, 5.41) is 18.7. The van der Waals surface area contributed by atoms with Crippen LogP contribution >= 0.6 is 11.6 Å². The lowest BCUT2D eigenvalue weighted by Gasteiger charge is -2.36. The van der Waals surface area contributed by atoms with Crippen LogP contribution in [0.2, 0.25) is 5.02 Å². The molecule has 0 atom stereocenters. The number of aryl methyl sites for hydroxylation is 1. The van der Waals surface area contributed by atoms with Crippen molar-refractivity contribution in [2.24, 2.45) is 0 Å². The SMILES string of the molecule is Cc1nc(N2CCN(c3ccc(N(C)C)nn3)CC2)c(C#N)c(C)c1Cl. The summed E-state index contributed by atoms with van der Waals surface area (Å²) in [6, 6.07) is 6.22. The molecule has 0 amide bonds. The van der Waals surface area contributed by atoms with Crippen molar-refractivity contribution in [2.75, 3.05) is 55.0 Å². The first-order valence-electron chi connectivity index (χ1n) is 8.50. The molecule has 7 nitrogen and oxygen atoms in total. The number of aromatic nitrogens is 3. The highest BCUT2D eigenvalue weighted by molar-refractivity contribution is 6.32. The first kappa shape index (κ1) is 18.2. The van der Waals surface area contributed by atoms with Crippen molar-refractivity contribution in [3.8, 4) is 6.07 Å². The Bertz CT molecular complexity index is 834. The van der Waals surface area contributed by atoms with Gasteiger partial charge in [0.15, 0.2) is 11.6 Å². The third-order valence-electron chi connectivity index (χ3n) is 4.63. The maximum atomic E-state index is 9.54. The average molecular weight is 372 g/mol. The molecule has 0 unspecified atom stereocenters. The van der Waals surface area contributed by atoms with E-state index in [-0.39, 0.29) is 0 Å². The van der Waals surface area contributed by atoms with Crippen LogP contribution in [0, 0.1) is 25.2 Å². The fourth-order valence-electron chi connectivity index (χ4n) is 3.05. The van der Waals surface area contributed by atoms with Gasteiger partial charge in [-0.2, -0.15) is 5.26 Å². The lowest BCUT2D eigenvalue weighted by molar-refractivity contribution is 0.636. The number of halogens is 1. The second-order valence-electron chi connectivity index (χ2n) is 6.56. The smallest absolute Gasteiger partial charge is 0.151 e. The molecule has 2 aromatic rings. The fraction of sp³-hybridized carbons (Fsp3) is 0.444. The molecule has 136 valence electrons. The summed E-state index contributed by atoms with van der Waals surface area (Å²) in [6.07, 6.45) is 0. The monoisotopic (exact) mass is 371 g/mol. The molecule has 0 bridgehead atoms. The summed E-state index contributed by atoms with van der Waals surface area (Å²) in [5.74, 6) is 2.43. The number of hydrogen-bond donors (Lipinski definition) is 0. The molecule has 0 saturated carbocycles. The molecule has 0 radical (unpaired) electrons. The van der Waals surface area contributed by atoms with E-state index in [1.807, 2.05) is 45.0 Å². The van der Waals surface area contributed by atoms with E-state index in [0.717, 1.165) is 54.9 Å². The van der Waals surface area contributed by atoms with Crippen molar-refractivity contribution < 1.29 is 0 Å². The van der Waals surface area contributed by atoms with E-state index in [2.05, 4.69) is 31.1 Å². The predicted octanol–water partition coefficient (Wildman–Crippen LogP) is 2.41. The quantitative estimate of drug-likeness (QED) is 0.820. The van der Waals surface area contributed by atoms with Gasteiger partial charge in [-0.1, -0.05) is 11.6 Å². The van der Waals surface area contributed by atoms with Gasteiger partial charge in [-0.25, -0.2) is 4.98 Å². The Kier molecular flexibility index (Phi) is 5.14. The zero-order valence-corrected chi connectivity index (χ0v) is 16.2. The van der Waals surface area contributed by atoms with Crippen molar-refractivity contribution >= 4 is 29.1 Å². The van der Waals surface area contributed by atoms with E-state index >= 15 is 0 Å². The van der Waals surface area contributed by atoms with Crippen molar-refractivity contribution in [1.82, 2.24) is 15.2 Å². The maximum absolute atomic E-state index is 9.54. The lowest BCUT2D eigenvalue weighted by Crippen LogP contribution is -2.47. The number of nitriles is 1. The summed E-state index contributed by atoms with van der Waals surface area (Å²) < 4.78 is 0. The van der Waals surface area contributed by atoms with Crippen LogP contribution in [0.5, 0.6) is 0 Å². The second kappa shape index (κ2) is 7.34. The minimum Gasteiger partial charge on any atom is -0.361 e. The number of piperazine rings is 1. The minimum atomic E-state index is 0.559. The van der Waals surface area contributed by atoms with E-state index in [1.54, 1.807) is 0 Å². The summed E-state index contributed by atoms with van der Waals surface area (Å²) >= 11 is 6.25. The molecule has 1 aliphatic heterocycles. The number of anilines is 3. The van der Waals surface area contributed by atoms with Crippen LogP contribution in [-0.4, -0.2) is 55.5 Å². The van der Waals surface area contributed by atoms with Crippen LogP contribution in [0.25, 0.3) is 0 Å². The average Bonchev–Trinajstić information content (AvgIpc) is 2.66.